The molecule has 17 heavy (non-hydrogen) atoms. The van der Waals surface area contributed by atoms with Crippen LogP contribution in [0.15, 0.2) is 12.1 Å². The maximum Gasteiger partial charge on any atom is 0.186 e. The standard InChI is InChI=1S/C13H18ClNOS/c1-3-10-5-4-9(2)15(10)8-11(16)12-6-7-13(14)17-12/h6-7,9-10H,3-5,8H2,1-2H3. The molecule has 0 spiro atoms. The highest BCUT2D eigenvalue weighted by molar-refractivity contribution is 7.18. The van der Waals surface area contributed by atoms with Gasteiger partial charge in [-0.15, -0.1) is 11.3 Å². The largest absolute Gasteiger partial charge is 0.292 e. The summed E-state index contributed by atoms with van der Waals surface area (Å²) in [6.07, 6.45) is 3.55. The van der Waals surface area contributed by atoms with Gasteiger partial charge in [0.15, 0.2) is 5.78 Å². The Morgan fingerprint density at radius 1 is 1.53 bits per heavy atom. The first-order valence-electron chi connectivity index (χ1n) is 6.16. The van der Waals surface area contributed by atoms with Crippen molar-refractivity contribution >= 4 is 28.7 Å². The van der Waals surface area contributed by atoms with Crippen molar-refractivity contribution in [2.75, 3.05) is 6.54 Å². The molecule has 2 unspecified atom stereocenters. The van der Waals surface area contributed by atoms with Crippen molar-refractivity contribution in [1.82, 2.24) is 4.90 Å². The molecule has 0 aromatic carbocycles. The van der Waals surface area contributed by atoms with Crippen LogP contribution in [0.25, 0.3) is 0 Å². The number of halogens is 1. The van der Waals surface area contributed by atoms with Crippen molar-refractivity contribution in [2.24, 2.45) is 0 Å². The van der Waals surface area contributed by atoms with E-state index in [0.29, 0.717) is 23.0 Å². The number of carbonyl (C=O) groups is 1. The molecule has 0 N–H and O–H groups in total. The average Bonchev–Trinajstić information content (AvgIpc) is 2.87. The third kappa shape index (κ3) is 2.90. The van der Waals surface area contributed by atoms with E-state index in [1.54, 1.807) is 6.07 Å². The molecular weight excluding hydrogens is 254 g/mol. The van der Waals surface area contributed by atoms with Gasteiger partial charge in [0.1, 0.15) is 0 Å². The van der Waals surface area contributed by atoms with Crippen LogP contribution in [0, 0.1) is 0 Å². The first-order valence-corrected chi connectivity index (χ1v) is 7.35. The van der Waals surface area contributed by atoms with Gasteiger partial charge in [-0.25, -0.2) is 0 Å². The van der Waals surface area contributed by atoms with Crippen molar-refractivity contribution in [3.05, 3.63) is 21.3 Å². The normalized spacial score (nSPS) is 25.4. The quantitative estimate of drug-likeness (QED) is 0.776. The van der Waals surface area contributed by atoms with E-state index in [4.69, 9.17) is 11.6 Å². The Labute approximate surface area is 112 Å². The van der Waals surface area contributed by atoms with Crippen molar-refractivity contribution < 1.29 is 4.79 Å². The molecule has 1 aromatic heterocycles. The van der Waals surface area contributed by atoms with Gasteiger partial charge in [-0.1, -0.05) is 18.5 Å². The molecule has 1 saturated heterocycles. The Kier molecular flexibility index (Phi) is 4.23. The van der Waals surface area contributed by atoms with Gasteiger partial charge in [-0.3, -0.25) is 9.69 Å². The highest BCUT2D eigenvalue weighted by atomic mass is 35.5. The molecule has 0 aliphatic carbocycles. The average molecular weight is 272 g/mol. The number of thiophene rings is 1. The minimum Gasteiger partial charge on any atom is -0.292 e. The highest BCUT2D eigenvalue weighted by Crippen LogP contribution is 2.27. The zero-order chi connectivity index (χ0) is 12.4. The fourth-order valence-corrected chi connectivity index (χ4v) is 3.53. The topological polar surface area (TPSA) is 20.3 Å². The van der Waals surface area contributed by atoms with E-state index < -0.39 is 0 Å². The van der Waals surface area contributed by atoms with E-state index in [1.165, 1.54) is 24.2 Å². The molecule has 1 fully saturated rings. The third-order valence-corrected chi connectivity index (χ3v) is 4.87. The molecule has 0 bridgehead atoms. The first-order chi connectivity index (χ1) is 8.11. The minimum absolute atomic E-state index is 0.203. The molecule has 1 aromatic rings. The van der Waals surface area contributed by atoms with Crippen molar-refractivity contribution in [3.63, 3.8) is 0 Å². The maximum atomic E-state index is 12.1. The molecule has 1 aliphatic rings. The lowest BCUT2D eigenvalue weighted by molar-refractivity contribution is 0.0893. The summed E-state index contributed by atoms with van der Waals surface area (Å²) in [6, 6.07) is 4.73. The molecule has 2 heterocycles. The Bertz CT molecular complexity index is 404. The number of nitrogens with zero attached hydrogens (tertiary/aromatic N) is 1. The van der Waals surface area contributed by atoms with Gasteiger partial charge in [0, 0.05) is 12.1 Å². The number of carbonyl (C=O) groups excluding carboxylic acids is 1. The van der Waals surface area contributed by atoms with Gasteiger partial charge in [0.25, 0.3) is 0 Å². The molecule has 2 rings (SSSR count). The van der Waals surface area contributed by atoms with E-state index in [1.807, 2.05) is 6.07 Å². The van der Waals surface area contributed by atoms with E-state index in [0.717, 1.165) is 11.3 Å². The van der Waals surface area contributed by atoms with E-state index in [9.17, 15) is 4.79 Å². The lowest BCUT2D eigenvalue weighted by Crippen LogP contribution is -2.38. The number of rotatable bonds is 4. The summed E-state index contributed by atoms with van der Waals surface area (Å²) in [6.45, 7) is 4.95. The van der Waals surface area contributed by atoms with Crippen LogP contribution in [-0.2, 0) is 0 Å². The second-order valence-corrected chi connectivity index (χ2v) is 6.40. The predicted octanol–water partition coefficient (Wildman–Crippen LogP) is 3.85. The monoisotopic (exact) mass is 271 g/mol. The van der Waals surface area contributed by atoms with Crippen LogP contribution in [0.1, 0.15) is 42.8 Å². The number of hydrogen-bond donors (Lipinski definition) is 0. The zero-order valence-corrected chi connectivity index (χ0v) is 11.9. The van der Waals surface area contributed by atoms with Crippen LogP contribution in [0.3, 0.4) is 0 Å². The molecule has 1 aliphatic heterocycles. The summed E-state index contributed by atoms with van der Waals surface area (Å²) in [5.41, 5.74) is 0. The van der Waals surface area contributed by atoms with E-state index in [2.05, 4.69) is 18.7 Å². The predicted molar refractivity (Wildman–Crippen MR) is 73.1 cm³/mol. The first kappa shape index (κ1) is 13.1. The summed E-state index contributed by atoms with van der Waals surface area (Å²) >= 11 is 7.24. The van der Waals surface area contributed by atoms with Crippen molar-refractivity contribution in [3.8, 4) is 0 Å². The SMILES string of the molecule is CCC1CCC(C)N1CC(=O)c1ccc(Cl)s1. The molecule has 2 nitrogen and oxygen atoms in total. The second-order valence-electron chi connectivity index (χ2n) is 4.69. The van der Waals surface area contributed by atoms with Gasteiger partial charge in [0.05, 0.1) is 15.8 Å². The third-order valence-electron chi connectivity index (χ3n) is 3.60. The fraction of sp³-hybridized carbons (Fsp3) is 0.615. The van der Waals surface area contributed by atoms with Crippen LogP contribution in [0.2, 0.25) is 4.34 Å². The van der Waals surface area contributed by atoms with Crippen LogP contribution in [-0.4, -0.2) is 29.3 Å². The zero-order valence-electron chi connectivity index (χ0n) is 10.3. The van der Waals surface area contributed by atoms with E-state index >= 15 is 0 Å². The van der Waals surface area contributed by atoms with Crippen LogP contribution >= 0.6 is 22.9 Å². The van der Waals surface area contributed by atoms with Crippen LogP contribution in [0.5, 0.6) is 0 Å². The van der Waals surface area contributed by atoms with E-state index in [-0.39, 0.29) is 5.78 Å². The van der Waals surface area contributed by atoms with Gasteiger partial charge in [-0.05, 0) is 38.3 Å². The lowest BCUT2D eigenvalue weighted by atomic mass is 10.1. The second kappa shape index (κ2) is 5.51. The summed E-state index contributed by atoms with van der Waals surface area (Å²) in [4.78, 5) is 15.3. The van der Waals surface area contributed by atoms with Gasteiger partial charge >= 0.3 is 0 Å². The summed E-state index contributed by atoms with van der Waals surface area (Å²) < 4.78 is 0.690. The molecular formula is C13H18ClNOS. The maximum absolute atomic E-state index is 12.1. The van der Waals surface area contributed by atoms with Gasteiger partial charge < -0.3 is 0 Å². The number of Topliss-reactive ketones (excluding diaryl/α,β-unsaturated/α-hetero) is 1. The van der Waals surface area contributed by atoms with Crippen LogP contribution in [0.4, 0.5) is 0 Å². The fourth-order valence-electron chi connectivity index (χ4n) is 2.56. The Morgan fingerprint density at radius 3 is 2.88 bits per heavy atom. The molecule has 0 radical (unpaired) electrons. The number of ketones is 1. The number of hydrogen-bond acceptors (Lipinski definition) is 3. The summed E-state index contributed by atoms with van der Waals surface area (Å²) in [5, 5.41) is 0. The summed E-state index contributed by atoms with van der Waals surface area (Å²) in [5.74, 6) is 0.203. The minimum atomic E-state index is 0.203. The molecule has 2 atom stereocenters. The van der Waals surface area contributed by atoms with Crippen molar-refractivity contribution in [2.45, 2.75) is 45.2 Å². The Morgan fingerprint density at radius 2 is 2.29 bits per heavy atom. The van der Waals surface area contributed by atoms with Gasteiger partial charge in [0.2, 0.25) is 0 Å². The molecule has 0 amide bonds. The van der Waals surface area contributed by atoms with Crippen LogP contribution < -0.4 is 0 Å². The Balaban J connectivity index is 2.02. The lowest BCUT2D eigenvalue weighted by Gasteiger charge is -2.26. The Hall–Kier alpha value is -0.380. The summed E-state index contributed by atoms with van der Waals surface area (Å²) in [7, 11) is 0. The smallest absolute Gasteiger partial charge is 0.186 e. The molecule has 4 heteroatoms. The number of likely N-dealkylation sites (tertiary alicyclic amines) is 1. The molecule has 0 saturated carbocycles. The molecule has 94 valence electrons. The van der Waals surface area contributed by atoms with Gasteiger partial charge in [-0.2, -0.15) is 0 Å². The highest BCUT2D eigenvalue weighted by Gasteiger charge is 2.30. The van der Waals surface area contributed by atoms with Crippen molar-refractivity contribution in [1.29, 1.82) is 0 Å².